The van der Waals surface area contributed by atoms with Gasteiger partial charge in [0.2, 0.25) is 5.91 Å². The van der Waals surface area contributed by atoms with Crippen LogP contribution in [0.5, 0.6) is 0 Å². The molecule has 1 aliphatic rings. The van der Waals surface area contributed by atoms with Crippen molar-refractivity contribution in [3.8, 4) is 0 Å². The van der Waals surface area contributed by atoms with E-state index in [1.807, 2.05) is 0 Å². The fourth-order valence-corrected chi connectivity index (χ4v) is 2.78. The largest absolute Gasteiger partial charge is 0.449 e. The van der Waals surface area contributed by atoms with Crippen LogP contribution in [-0.2, 0) is 20.5 Å². The van der Waals surface area contributed by atoms with Crippen molar-refractivity contribution < 1.29 is 41.1 Å². The van der Waals surface area contributed by atoms with Gasteiger partial charge in [0.1, 0.15) is 6.54 Å². The Morgan fingerprint density at radius 1 is 1.10 bits per heavy atom. The number of nitrogens with one attached hydrogen (secondary N) is 1. The van der Waals surface area contributed by atoms with Crippen LogP contribution in [-0.4, -0.2) is 30.4 Å². The SMILES string of the molecule is CC(OC(=O)c1ccc(F)c(F)c1)C(=O)N1CC(=O)Nc2cc(C(F)(F)F)ccc21. The van der Waals surface area contributed by atoms with Crippen LogP contribution in [0.3, 0.4) is 0 Å². The highest BCUT2D eigenvalue weighted by Gasteiger charge is 2.35. The summed E-state index contributed by atoms with van der Waals surface area (Å²) in [4.78, 5) is 37.5. The summed E-state index contributed by atoms with van der Waals surface area (Å²) in [7, 11) is 0. The molecule has 11 heteroatoms. The Labute approximate surface area is 166 Å². The first kappa shape index (κ1) is 21.2. The number of carbonyl (C=O) groups excluding carboxylic acids is 3. The summed E-state index contributed by atoms with van der Waals surface area (Å²) in [6, 6.07) is 4.71. The van der Waals surface area contributed by atoms with Crippen LogP contribution in [0.2, 0.25) is 0 Å². The van der Waals surface area contributed by atoms with Gasteiger partial charge in [-0.3, -0.25) is 14.5 Å². The second-order valence-electron chi connectivity index (χ2n) is 6.38. The lowest BCUT2D eigenvalue weighted by atomic mass is 10.1. The number of anilines is 2. The zero-order chi connectivity index (χ0) is 22.2. The summed E-state index contributed by atoms with van der Waals surface area (Å²) in [5.74, 6) is -5.21. The monoisotopic (exact) mass is 428 g/mol. The number of nitrogens with zero attached hydrogens (tertiary/aromatic N) is 1. The first-order chi connectivity index (χ1) is 14.0. The molecule has 0 saturated heterocycles. The predicted molar refractivity (Wildman–Crippen MR) is 93.7 cm³/mol. The molecule has 0 fully saturated rings. The normalized spacial score (nSPS) is 14.6. The fraction of sp³-hybridized carbons (Fsp3) is 0.211. The summed E-state index contributed by atoms with van der Waals surface area (Å²) in [6.45, 7) is 0.667. The summed E-state index contributed by atoms with van der Waals surface area (Å²) in [6.07, 6.45) is -6.12. The topological polar surface area (TPSA) is 75.7 Å². The summed E-state index contributed by atoms with van der Waals surface area (Å²) in [5.41, 5.74) is -1.61. The van der Waals surface area contributed by atoms with Crippen LogP contribution >= 0.6 is 0 Å². The van der Waals surface area contributed by atoms with Gasteiger partial charge in [0, 0.05) is 0 Å². The number of fused-ring (bicyclic) bond motifs is 1. The van der Waals surface area contributed by atoms with Crippen molar-refractivity contribution in [3.05, 3.63) is 59.2 Å². The molecule has 0 spiro atoms. The third kappa shape index (κ3) is 4.24. The van der Waals surface area contributed by atoms with E-state index in [0.717, 1.165) is 23.1 Å². The van der Waals surface area contributed by atoms with Gasteiger partial charge in [-0.15, -0.1) is 0 Å². The molecule has 1 unspecified atom stereocenters. The van der Waals surface area contributed by atoms with Crippen LogP contribution in [0.1, 0.15) is 22.8 Å². The van der Waals surface area contributed by atoms with E-state index in [4.69, 9.17) is 4.74 Å². The van der Waals surface area contributed by atoms with Crippen LogP contribution in [0.25, 0.3) is 0 Å². The second-order valence-corrected chi connectivity index (χ2v) is 6.38. The number of benzene rings is 2. The lowest BCUT2D eigenvalue weighted by Gasteiger charge is -2.31. The molecule has 30 heavy (non-hydrogen) atoms. The number of ether oxygens (including phenoxy) is 1. The number of hydrogen-bond acceptors (Lipinski definition) is 4. The molecule has 2 aromatic carbocycles. The van der Waals surface area contributed by atoms with Crippen molar-refractivity contribution >= 4 is 29.2 Å². The van der Waals surface area contributed by atoms with Gasteiger partial charge in [-0.25, -0.2) is 13.6 Å². The minimum Gasteiger partial charge on any atom is -0.449 e. The molecular weight excluding hydrogens is 415 g/mol. The molecule has 1 N–H and O–H groups in total. The van der Waals surface area contributed by atoms with E-state index in [2.05, 4.69) is 5.32 Å². The van der Waals surface area contributed by atoms with Gasteiger partial charge < -0.3 is 10.1 Å². The Morgan fingerprint density at radius 2 is 1.80 bits per heavy atom. The highest BCUT2D eigenvalue weighted by atomic mass is 19.4. The van der Waals surface area contributed by atoms with Gasteiger partial charge in [-0.05, 0) is 43.3 Å². The zero-order valence-corrected chi connectivity index (χ0v) is 15.2. The number of rotatable bonds is 3. The highest BCUT2D eigenvalue weighted by Crippen LogP contribution is 2.37. The molecule has 0 bridgehead atoms. The second kappa shape index (κ2) is 7.73. The maximum absolute atomic E-state index is 13.3. The van der Waals surface area contributed by atoms with E-state index in [0.29, 0.717) is 18.2 Å². The lowest BCUT2D eigenvalue weighted by Crippen LogP contribution is -2.47. The van der Waals surface area contributed by atoms with Crippen LogP contribution in [0.15, 0.2) is 36.4 Å². The van der Waals surface area contributed by atoms with Gasteiger partial charge in [0.15, 0.2) is 17.7 Å². The van der Waals surface area contributed by atoms with Crippen molar-refractivity contribution in [1.29, 1.82) is 0 Å². The highest BCUT2D eigenvalue weighted by molar-refractivity contribution is 6.11. The maximum Gasteiger partial charge on any atom is 0.416 e. The Morgan fingerprint density at radius 3 is 2.43 bits per heavy atom. The molecule has 1 heterocycles. The van der Waals surface area contributed by atoms with E-state index in [1.165, 1.54) is 6.92 Å². The lowest BCUT2D eigenvalue weighted by molar-refractivity contribution is -0.137. The molecule has 1 aliphatic heterocycles. The van der Waals surface area contributed by atoms with Crippen molar-refractivity contribution in [3.63, 3.8) is 0 Å². The minimum absolute atomic E-state index is 0.0108. The maximum atomic E-state index is 13.3. The molecule has 1 atom stereocenters. The quantitative estimate of drug-likeness (QED) is 0.600. The van der Waals surface area contributed by atoms with Crippen molar-refractivity contribution in [1.82, 2.24) is 0 Å². The van der Waals surface area contributed by atoms with Gasteiger partial charge in [0.05, 0.1) is 22.5 Å². The Kier molecular flexibility index (Phi) is 5.47. The molecule has 2 aromatic rings. The third-order valence-corrected chi connectivity index (χ3v) is 4.24. The predicted octanol–water partition coefficient (Wildman–Crippen LogP) is 3.51. The third-order valence-electron chi connectivity index (χ3n) is 4.24. The Balaban J connectivity index is 1.81. The smallest absolute Gasteiger partial charge is 0.416 e. The average Bonchev–Trinajstić information content (AvgIpc) is 2.67. The summed E-state index contributed by atoms with van der Waals surface area (Å²) in [5, 5.41) is 2.26. The number of esters is 1. The number of halogens is 5. The van der Waals surface area contributed by atoms with Crippen molar-refractivity contribution in [2.24, 2.45) is 0 Å². The van der Waals surface area contributed by atoms with E-state index < -0.39 is 53.8 Å². The molecule has 0 saturated carbocycles. The first-order valence-electron chi connectivity index (χ1n) is 8.46. The average molecular weight is 428 g/mol. The molecular formula is C19H13F5N2O4. The molecule has 6 nitrogen and oxygen atoms in total. The van der Waals surface area contributed by atoms with E-state index in [9.17, 15) is 36.3 Å². The molecule has 0 radical (unpaired) electrons. The molecule has 0 aliphatic carbocycles. The number of hydrogen-bond donors (Lipinski definition) is 1. The first-order valence-corrected chi connectivity index (χ1v) is 8.46. The Bertz CT molecular complexity index is 1040. The van der Waals surface area contributed by atoms with E-state index >= 15 is 0 Å². The van der Waals surface area contributed by atoms with Gasteiger partial charge in [-0.2, -0.15) is 13.2 Å². The van der Waals surface area contributed by atoms with Gasteiger partial charge in [-0.1, -0.05) is 0 Å². The molecule has 158 valence electrons. The van der Waals surface area contributed by atoms with Gasteiger partial charge in [0.25, 0.3) is 5.91 Å². The molecule has 3 rings (SSSR count). The molecule has 2 amide bonds. The zero-order valence-electron chi connectivity index (χ0n) is 15.2. The minimum atomic E-state index is -4.65. The summed E-state index contributed by atoms with van der Waals surface area (Å²) >= 11 is 0. The Hall–Kier alpha value is -3.50. The summed E-state index contributed by atoms with van der Waals surface area (Å²) < 4.78 is 69.9. The number of amides is 2. The fourth-order valence-electron chi connectivity index (χ4n) is 2.78. The van der Waals surface area contributed by atoms with Gasteiger partial charge >= 0.3 is 12.1 Å². The van der Waals surface area contributed by atoms with Crippen LogP contribution in [0.4, 0.5) is 33.3 Å². The standard InChI is InChI=1S/C19H13F5N2O4/c1-9(30-18(29)10-2-4-12(20)13(21)6-10)17(28)26-8-16(27)25-14-7-11(19(22,23)24)3-5-15(14)26/h2-7,9H,8H2,1H3,(H,25,27). The van der Waals surface area contributed by atoms with Crippen LogP contribution in [0, 0.1) is 11.6 Å². The van der Waals surface area contributed by atoms with Crippen LogP contribution < -0.4 is 10.2 Å². The van der Waals surface area contributed by atoms with E-state index in [-0.39, 0.29) is 16.9 Å². The van der Waals surface area contributed by atoms with E-state index in [1.54, 1.807) is 0 Å². The number of carbonyl (C=O) groups is 3. The number of alkyl halides is 3. The van der Waals surface area contributed by atoms with Crippen molar-refractivity contribution in [2.75, 3.05) is 16.8 Å². The van der Waals surface area contributed by atoms with Crippen molar-refractivity contribution in [2.45, 2.75) is 19.2 Å². The molecule has 0 aromatic heterocycles.